The van der Waals surface area contributed by atoms with Crippen LogP contribution in [0.3, 0.4) is 0 Å². The first-order valence-corrected chi connectivity index (χ1v) is 8.58. The summed E-state index contributed by atoms with van der Waals surface area (Å²) in [6.07, 6.45) is -0.347. The van der Waals surface area contributed by atoms with Gasteiger partial charge in [-0.1, -0.05) is 17.5 Å². The number of ether oxygens (including phenoxy) is 1. The summed E-state index contributed by atoms with van der Waals surface area (Å²) in [5.41, 5.74) is 2.27. The van der Waals surface area contributed by atoms with Crippen molar-refractivity contribution in [2.75, 3.05) is 5.32 Å². The van der Waals surface area contributed by atoms with Gasteiger partial charge in [0.15, 0.2) is 11.0 Å². The van der Waals surface area contributed by atoms with Gasteiger partial charge in [-0.2, -0.15) is 0 Å². The number of aromatic nitrogens is 2. The van der Waals surface area contributed by atoms with Crippen LogP contribution in [0.5, 0.6) is 0 Å². The number of benzene rings is 1. The Kier molecular flexibility index (Phi) is 5.84. The average Bonchev–Trinajstić information content (AvgIpc) is 2.98. The molecule has 2 aromatic rings. The Balaban J connectivity index is 2.01. The SMILES string of the molecule is CCc1nnsc1C(=O)O[C@H](C)C(=O)Nc1ccc(C)cc1Br. The first kappa shape index (κ1) is 17.6. The van der Waals surface area contributed by atoms with E-state index in [1.807, 2.05) is 26.0 Å². The molecule has 1 atom stereocenters. The van der Waals surface area contributed by atoms with Gasteiger partial charge in [-0.15, -0.1) is 5.10 Å². The topological polar surface area (TPSA) is 81.2 Å². The van der Waals surface area contributed by atoms with Gasteiger partial charge in [0.05, 0.1) is 11.4 Å². The first-order chi connectivity index (χ1) is 10.9. The summed E-state index contributed by atoms with van der Waals surface area (Å²) in [6, 6.07) is 5.56. The maximum Gasteiger partial charge on any atom is 0.352 e. The van der Waals surface area contributed by atoms with Crippen molar-refractivity contribution < 1.29 is 14.3 Å². The molecule has 1 amide bonds. The van der Waals surface area contributed by atoms with Crippen molar-refractivity contribution in [3.8, 4) is 0 Å². The van der Waals surface area contributed by atoms with Crippen LogP contribution in [0.1, 0.15) is 34.8 Å². The number of esters is 1. The number of carbonyl (C=O) groups is 2. The Morgan fingerprint density at radius 2 is 2.17 bits per heavy atom. The summed E-state index contributed by atoms with van der Waals surface area (Å²) in [5.74, 6) is -0.985. The van der Waals surface area contributed by atoms with Crippen LogP contribution in [0.2, 0.25) is 0 Å². The van der Waals surface area contributed by atoms with Crippen molar-refractivity contribution in [2.45, 2.75) is 33.3 Å². The number of carbonyl (C=O) groups excluding carboxylic acids is 2. The van der Waals surface area contributed by atoms with Gasteiger partial charge in [0, 0.05) is 4.47 Å². The summed E-state index contributed by atoms with van der Waals surface area (Å²) in [6.45, 7) is 5.35. The fraction of sp³-hybridized carbons (Fsp3) is 0.333. The molecule has 0 bridgehead atoms. The lowest BCUT2D eigenvalue weighted by atomic mass is 10.2. The largest absolute Gasteiger partial charge is 0.448 e. The van der Waals surface area contributed by atoms with Crippen molar-refractivity contribution in [1.82, 2.24) is 9.59 Å². The minimum Gasteiger partial charge on any atom is -0.448 e. The third-order valence-electron chi connectivity index (χ3n) is 3.11. The van der Waals surface area contributed by atoms with Crippen LogP contribution in [0.4, 0.5) is 5.69 Å². The van der Waals surface area contributed by atoms with Crippen LogP contribution in [-0.4, -0.2) is 27.6 Å². The lowest BCUT2D eigenvalue weighted by Crippen LogP contribution is -2.30. The Bertz CT molecular complexity index is 733. The van der Waals surface area contributed by atoms with Gasteiger partial charge in [0.25, 0.3) is 5.91 Å². The van der Waals surface area contributed by atoms with Gasteiger partial charge in [-0.05, 0) is 65.4 Å². The highest BCUT2D eigenvalue weighted by Gasteiger charge is 2.23. The molecular weight excluding hydrogens is 382 g/mol. The zero-order chi connectivity index (χ0) is 17.0. The predicted octanol–water partition coefficient (Wildman–Crippen LogP) is 3.36. The number of aryl methyl sites for hydroxylation is 2. The molecule has 1 N–H and O–H groups in total. The zero-order valence-electron chi connectivity index (χ0n) is 12.9. The number of anilines is 1. The van der Waals surface area contributed by atoms with Crippen LogP contribution in [0.25, 0.3) is 0 Å². The van der Waals surface area contributed by atoms with Gasteiger partial charge >= 0.3 is 5.97 Å². The molecule has 0 aliphatic heterocycles. The Morgan fingerprint density at radius 1 is 1.43 bits per heavy atom. The van der Waals surface area contributed by atoms with Crippen LogP contribution < -0.4 is 5.32 Å². The minimum absolute atomic E-state index is 0.337. The molecule has 0 aliphatic carbocycles. The number of hydrogen-bond acceptors (Lipinski definition) is 6. The lowest BCUT2D eigenvalue weighted by Gasteiger charge is -2.14. The van der Waals surface area contributed by atoms with E-state index in [1.54, 1.807) is 6.07 Å². The normalized spacial score (nSPS) is 11.8. The maximum absolute atomic E-state index is 12.2. The Morgan fingerprint density at radius 3 is 2.83 bits per heavy atom. The van der Waals surface area contributed by atoms with Gasteiger partial charge < -0.3 is 10.1 Å². The first-order valence-electron chi connectivity index (χ1n) is 7.01. The molecule has 0 fully saturated rings. The molecule has 1 aromatic heterocycles. The van der Waals surface area contributed by atoms with Crippen LogP contribution in [0.15, 0.2) is 22.7 Å². The molecule has 0 aliphatic rings. The Hall–Kier alpha value is -1.80. The molecule has 0 unspecified atom stereocenters. The smallest absolute Gasteiger partial charge is 0.352 e. The molecule has 8 heteroatoms. The van der Waals surface area contributed by atoms with Crippen LogP contribution in [-0.2, 0) is 16.0 Å². The van der Waals surface area contributed by atoms with Crippen molar-refractivity contribution in [2.24, 2.45) is 0 Å². The zero-order valence-corrected chi connectivity index (χ0v) is 15.3. The summed E-state index contributed by atoms with van der Waals surface area (Å²) >= 11 is 4.36. The van der Waals surface area contributed by atoms with Gasteiger partial charge in [0.2, 0.25) is 0 Å². The minimum atomic E-state index is -0.928. The van der Waals surface area contributed by atoms with E-state index in [4.69, 9.17) is 4.74 Å². The van der Waals surface area contributed by atoms with Crippen molar-refractivity contribution in [1.29, 1.82) is 0 Å². The molecule has 0 saturated carbocycles. The fourth-order valence-electron chi connectivity index (χ4n) is 1.82. The van der Waals surface area contributed by atoms with Crippen molar-refractivity contribution in [3.63, 3.8) is 0 Å². The third-order valence-corrected chi connectivity index (χ3v) is 4.52. The number of nitrogens with zero attached hydrogens (tertiary/aromatic N) is 2. The second-order valence-electron chi connectivity index (χ2n) is 4.92. The quantitative estimate of drug-likeness (QED) is 0.782. The average molecular weight is 398 g/mol. The van der Waals surface area contributed by atoms with Crippen molar-refractivity contribution >= 4 is 45.0 Å². The molecule has 6 nitrogen and oxygen atoms in total. The molecule has 0 radical (unpaired) electrons. The highest BCUT2D eigenvalue weighted by molar-refractivity contribution is 9.10. The van der Waals surface area contributed by atoms with Gasteiger partial charge in [-0.25, -0.2) is 4.79 Å². The van der Waals surface area contributed by atoms with E-state index in [2.05, 4.69) is 30.8 Å². The van der Waals surface area contributed by atoms with Gasteiger partial charge in [0.1, 0.15) is 0 Å². The molecule has 0 saturated heterocycles. The summed E-state index contributed by atoms with van der Waals surface area (Å²) < 4.78 is 9.70. The number of rotatable bonds is 5. The standard InChI is InChI=1S/C15H16BrN3O3S/c1-4-11-13(23-19-18-11)15(21)22-9(3)14(20)17-12-6-5-8(2)7-10(12)16/h5-7,9H,4H2,1-3H3,(H,17,20)/t9-/m1/s1. The molecule has 1 aromatic carbocycles. The molecule has 2 rings (SSSR count). The number of nitrogens with one attached hydrogen (secondary N) is 1. The van der Waals surface area contributed by atoms with E-state index in [1.165, 1.54) is 6.92 Å². The molecule has 0 spiro atoms. The van der Waals surface area contributed by atoms with E-state index >= 15 is 0 Å². The lowest BCUT2D eigenvalue weighted by molar-refractivity contribution is -0.123. The van der Waals surface area contributed by atoms with E-state index in [9.17, 15) is 9.59 Å². The fourth-order valence-corrected chi connectivity index (χ4v) is 3.05. The molecular formula is C15H16BrN3O3S. The highest BCUT2D eigenvalue weighted by Crippen LogP contribution is 2.23. The summed E-state index contributed by atoms with van der Waals surface area (Å²) in [7, 11) is 0. The van der Waals surface area contributed by atoms with Crippen LogP contribution in [0, 0.1) is 6.92 Å². The molecule has 1 heterocycles. The maximum atomic E-state index is 12.2. The van der Waals surface area contributed by atoms with Gasteiger partial charge in [-0.3, -0.25) is 4.79 Å². The van der Waals surface area contributed by atoms with E-state index in [0.717, 1.165) is 21.6 Å². The number of halogens is 1. The van der Waals surface area contributed by atoms with E-state index in [-0.39, 0.29) is 0 Å². The monoisotopic (exact) mass is 397 g/mol. The van der Waals surface area contributed by atoms with Crippen LogP contribution >= 0.6 is 27.5 Å². The highest BCUT2D eigenvalue weighted by atomic mass is 79.9. The molecule has 23 heavy (non-hydrogen) atoms. The Labute approximate surface area is 146 Å². The number of hydrogen-bond donors (Lipinski definition) is 1. The molecule has 122 valence electrons. The second kappa shape index (κ2) is 7.65. The van der Waals surface area contributed by atoms with E-state index in [0.29, 0.717) is 22.7 Å². The predicted molar refractivity (Wildman–Crippen MR) is 91.7 cm³/mol. The second-order valence-corrected chi connectivity index (χ2v) is 6.53. The van der Waals surface area contributed by atoms with Crippen molar-refractivity contribution in [3.05, 3.63) is 38.8 Å². The third kappa shape index (κ3) is 4.35. The number of amides is 1. The summed E-state index contributed by atoms with van der Waals surface area (Å²) in [4.78, 5) is 24.6. The van der Waals surface area contributed by atoms with E-state index < -0.39 is 18.0 Å². The summed E-state index contributed by atoms with van der Waals surface area (Å²) in [5, 5.41) is 6.58.